The van der Waals surface area contributed by atoms with Gasteiger partial charge in [0.2, 0.25) is 10.0 Å². The van der Waals surface area contributed by atoms with Crippen LogP contribution >= 0.6 is 0 Å². The van der Waals surface area contributed by atoms with Crippen molar-refractivity contribution in [1.82, 2.24) is 8.87 Å². The van der Waals surface area contributed by atoms with E-state index in [9.17, 15) is 8.42 Å². The molecule has 0 amide bonds. The molecule has 2 unspecified atom stereocenters. The monoisotopic (exact) mass is 285 g/mol. The molecule has 0 spiro atoms. The van der Waals surface area contributed by atoms with E-state index in [2.05, 4.69) is 0 Å². The predicted octanol–water partition coefficient (Wildman–Crippen LogP) is 1.16. The summed E-state index contributed by atoms with van der Waals surface area (Å²) in [6.07, 6.45) is 6.43. The van der Waals surface area contributed by atoms with Crippen LogP contribution in [-0.4, -0.2) is 36.4 Å². The lowest BCUT2D eigenvalue weighted by Crippen LogP contribution is -2.43. The number of nitrogens with two attached hydrogens (primary N) is 1. The van der Waals surface area contributed by atoms with E-state index in [0.717, 1.165) is 19.3 Å². The normalized spacial score (nSPS) is 24.2. The van der Waals surface area contributed by atoms with Crippen molar-refractivity contribution in [2.45, 2.75) is 37.1 Å². The Morgan fingerprint density at radius 3 is 2.74 bits per heavy atom. The number of aromatic nitrogens is 1. The second kappa shape index (κ2) is 5.64. The SMILES string of the molecule is CCN(C1CCCC1CN)S(=O)(=O)c1ccn(C)c1. The first-order chi connectivity index (χ1) is 9.00. The van der Waals surface area contributed by atoms with Crippen molar-refractivity contribution in [1.29, 1.82) is 0 Å². The van der Waals surface area contributed by atoms with Crippen LogP contribution in [0.5, 0.6) is 0 Å². The van der Waals surface area contributed by atoms with Gasteiger partial charge in [0.05, 0.1) is 4.90 Å². The van der Waals surface area contributed by atoms with Gasteiger partial charge in [-0.3, -0.25) is 0 Å². The highest BCUT2D eigenvalue weighted by molar-refractivity contribution is 7.89. The molecule has 0 aromatic carbocycles. The number of sulfonamides is 1. The van der Waals surface area contributed by atoms with E-state index >= 15 is 0 Å². The topological polar surface area (TPSA) is 68.3 Å². The molecule has 0 bridgehead atoms. The summed E-state index contributed by atoms with van der Waals surface area (Å²) in [5, 5.41) is 0. The molecule has 0 aliphatic heterocycles. The molecule has 1 aromatic rings. The van der Waals surface area contributed by atoms with Gasteiger partial charge in [-0.1, -0.05) is 13.3 Å². The summed E-state index contributed by atoms with van der Waals surface area (Å²) in [6, 6.07) is 1.71. The molecular formula is C13H23N3O2S. The Hall–Kier alpha value is -0.850. The maximum atomic E-state index is 12.7. The summed E-state index contributed by atoms with van der Waals surface area (Å²) in [5.41, 5.74) is 5.78. The van der Waals surface area contributed by atoms with Gasteiger partial charge in [-0.05, 0) is 31.4 Å². The third kappa shape index (κ3) is 2.70. The molecule has 1 heterocycles. The minimum atomic E-state index is -3.40. The molecular weight excluding hydrogens is 262 g/mol. The van der Waals surface area contributed by atoms with Gasteiger partial charge in [0.1, 0.15) is 0 Å². The Balaban J connectivity index is 2.31. The van der Waals surface area contributed by atoms with Crippen molar-refractivity contribution in [2.24, 2.45) is 18.7 Å². The second-order valence-corrected chi connectivity index (χ2v) is 7.11. The number of aryl methyl sites for hydroxylation is 1. The molecule has 1 aliphatic carbocycles. The Morgan fingerprint density at radius 1 is 1.47 bits per heavy atom. The number of nitrogens with zero attached hydrogens (tertiary/aromatic N) is 2. The predicted molar refractivity (Wildman–Crippen MR) is 75.2 cm³/mol. The molecule has 19 heavy (non-hydrogen) atoms. The molecule has 0 saturated heterocycles. The van der Waals surface area contributed by atoms with Crippen LogP contribution in [0.15, 0.2) is 23.4 Å². The highest BCUT2D eigenvalue weighted by Crippen LogP contribution is 2.32. The lowest BCUT2D eigenvalue weighted by Gasteiger charge is -2.30. The van der Waals surface area contributed by atoms with Crippen molar-refractivity contribution in [3.63, 3.8) is 0 Å². The second-order valence-electron chi connectivity index (χ2n) is 5.22. The van der Waals surface area contributed by atoms with Crippen molar-refractivity contribution < 1.29 is 8.42 Å². The lowest BCUT2D eigenvalue weighted by molar-refractivity contribution is 0.276. The van der Waals surface area contributed by atoms with Gasteiger partial charge >= 0.3 is 0 Å². The zero-order valence-electron chi connectivity index (χ0n) is 11.6. The smallest absolute Gasteiger partial charge is 0.244 e. The molecule has 6 heteroatoms. The molecule has 0 radical (unpaired) electrons. The van der Waals surface area contributed by atoms with Gasteiger partial charge in [-0.15, -0.1) is 0 Å². The zero-order chi connectivity index (χ0) is 14.0. The first-order valence-electron chi connectivity index (χ1n) is 6.84. The molecule has 108 valence electrons. The van der Waals surface area contributed by atoms with Crippen LogP contribution in [-0.2, 0) is 17.1 Å². The minimum absolute atomic E-state index is 0.0557. The van der Waals surface area contributed by atoms with Gasteiger partial charge < -0.3 is 10.3 Å². The van der Waals surface area contributed by atoms with Crippen LogP contribution in [0.2, 0.25) is 0 Å². The molecule has 1 saturated carbocycles. The number of hydrogen-bond donors (Lipinski definition) is 1. The van der Waals surface area contributed by atoms with Crippen LogP contribution in [0.4, 0.5) is 0 Å². The summed E-state index contributed by atoms with van der Waals surface area (Å²) in [5.74, 6) is 0.290. The third-order valence-electron chi connectivity index (χ3n) is 4.01. The fraction of sp³-hybridized carbons (Fsp3) is 0.692. The summed E-state index contributed by atoms with van der Waals surface area (Å²) in [4.78, 5) is 0.375. The van der Waals surface area contributed by atoms with Gasteiger partial charge in [0, 0.05) is 32.0 Å². The Kier molecular flexibility index (Phi) is 4.32. The van der Waals surface area contributed by atoms with E-state index in [1.807, 2.05) is 14.0 Å². The standard InChI is InChI=1S/C13H23N3O2S/c1-3-16(13-6-4-5-11(13)9-14)19(17,18)12-7-8-15(2)10-12/h7-8,10-11,13H,3-6,9,14H2,1-2H3. The molecule has 1 fully saturated rings. The van der Waals surface area contributed by atoms with Crippen LogP contribution in [0.1, 0.15) is 26.2 Å². The van der Waals surface area contributed by atoms with E-state index in [0.29, 0.717) is 23.9 Å². The highest BCUT2D eigenvalue weighted by Gasteiger charge is 2.37. The summed E-state index contributed by atoms with van der Waals surface area (Å²) >= 11 is 0. The van der Waals surface area contributed by atoms with E-state index in [1.54, 1.807) is 27.3 Å². The Labute approximate surface area is 115 Å². The first-order valence-corrected chi connectivity index (χ1v) is 8.28. The fourth-order valence-electron chi connectivity index (χ4n) is 3.02. The fourth-order valence-corrected chi connectivity index (χ4v) is 4.80. The van der Waals surface area contributed by atoms with Crippen molar-refractivity contribution in [3.8, 4) is 0 Å². The average Bonchev–Trinajstić information content (AvgIpc) is 2.98. The molecule has 2 rings (SSSR count). The molecule has 1 aliphatic rings. The summed E-state index contributed by atoms with van der Waals surface area (Å²) in [6.45, 7) is 2.95. The quantitative estimate of drug-likeness (QED) is 0.883. The van der Waals surface area contributed by atoms with Gasteiger partial charge in [0.25, 0.3) is 0 Å². The molecule has 5 nitrogen and oxygen atoms in total. The van der Waals surface area contributed by atoms with Crippen molar-refractivity contribution in [2.75, 3.05) is 13.1 Å². The minimum Gasteiger partial charge on any atom is -0.356 e. The van der Waals surface area contributed by atoms with Crippen LogP contribution < -0.4 is 5.73 Å². The van der Waals surface area contributed by atoms with Crippen LogP contribution in [0.3, 0.4) is 0 Å². The largest absolute Gasteiger partial charge is 0.356 e. The lowest BCUT2D eigenvalue weighted by atomic mass is 10.0. The Bertz CT molecular complexity index is 524. The first kappa shape index (κ1) is 14.6. The van der Waals surface area contributed by atoms with Crippen LogP contribution in [0.25, 0.3) is 0 Å². The zero-order valence-corrected chi connectivity index (χ0v) is 12.4. The number of rotatable bonds is 5. The molecule has 1 aromatic heterocycles. The van der Waals surface area contributed by atoms with Gasteiger partial charge in [-0.25, -0.2) is 8.42 Å². The Morgan fingerprint density at radius 2 is 2.21 bits per heavy atom. The maximum Gasteiger partial charge on any atom is 0.244 e. The van der Waals surface area contributed by atoms with Crippen LogP contribution in [0, 0.1) is 5.92 Å². The van der Waals surface area contributed by atoms with E-state index in [1.165, 1.54) is 0 Å². The number of hydrogen-bond acceptors (Lipinski definition) is 3. The van der Waals surface area contributed by atoms with E-state index in [-0.39, 0.29) is 6.04 Å². The van der Waals surface area contributed by atoms with E-state index in [4.69, 9.17) is 5.73 Å². The average molecular weight is 285 g/mol. The third-order valence-corrected chi connectivity index (χ3v) is 6.00. The van der Waals surface area contributed by atoms with Crippen molar-refractivity contribution in [3.05, 3.63) is 18.5 Å². The summed E-state index contributed by atoms with van der Waals surface area (Å²) in [7, 11) is -1.57. The van der Waals surface area contributed by atoms with Gasteiger partial charge in [-0.2, -0.15) is 4.31 Å². The van der Waals surface area contributed by atoms with E-state index < -0.39 is 10.0 Å². The van der Waals surface area contributed by atoms with Crippen molar-refractivity contribution >= 4 is 10.0 Å². The molecule has 2 atom stereocenters. The highest BCUT2D eigenvalue weighted by atomic mass is 32.2. The maximum absolute atomic E-state index is 12.7. The summed E-state index contributed by atoms with van der Waals surface area (Å²) < 4.78 is 28.8. The van der Waals surface area contributed by atoms with Gasteiger partial charge in [0.15, 0.2) is 0 Å². The molecule has 2 N–H and O–H groups in total.